The molecular formula is C7H12O3. The summed E-state index contributed by atoms with van der Waals surface area (Å²) in [5, 5.41) is 16.7. The molecule has 0 aromatic rings. The van der Waals surface area contributed by atoms with E-state index in [1.54, 1.807) is 13.0 Å². The molecule has 0 aromatic heterocycles. The van der Waals surface area contributed by atoms with Crippen molar-refractivity contribution in [2.75, 3.05) is 6.61 Å². The minimum absolute atomic E-state index is 0.114. The highest BCUT2D eigenvalue weighted by Gasteiger charge is 1.96. The minimum Gasteiger partial charge on any atom is -0.478 e. The smallest absolute Gasteiger partial charge is 0.330 e. The van der Waals surface area contributed by atoms with Crippen LogP contribution in [0, 0.1) is 0 Å². The topological polar surface area (TPSA) is 57.5 Å². The molecule has 2 N–H and O–H groups in total. The molecule has 3 heteroatoms. The fraction of sp³-hybridized carbons (Fsp3) is 0.571. The molecule has 10 heavy (non-hydrogen) atoms. The van der Waals surface area contributed by atoms with Crippen LogP contribution < -0.4 is 0 Å². The molecule has 0 rings (SSSR count). The van der Waals surface area contributed by atoms with Crippen molar-refractivity contribution in [1.82, 2.24) is 0 Å². The average Bonchev–Trinajstić information content (AvgIpc) is 1.88. The number of rotatable bonds is 4. The molecule has 0 bridgehead atoms. The SMILES string of the molecule is CC(=CCCCO)C(=O)O. The Morgan fingerprint density at radius 1 is 1.60 bits per heavy atom. The van der Waals surface area contributed by atoms with Gasteiger partial charge in [-0.2, -0.15) is 0 Å². The zero-order valence-corrected chi connectivity index (χ0v) is 6.00. The number of aliphatic carboxylic acids is 1. The third-order valence-electron chi connectivity index (χ3n) is 1.15. The molecule has 0 aliphatic rings. The van der Waals surface area contributed by atoms with Crippen LogP contribution >= 0.6 is 0 Å². The molecule has 0 saturated heterocycles. The first-order chi connectivity index (χ1) is 4.68. The number of aliphatic hydroxyl groups excluding tert-OH is 1. The summed E-state index contributed by atoms with van der Waals surface area (Å²) in [4.78, 5) is 10.2. The second kappa shape index (κ2) is 4.99. The first-order valence-corrected chi connectivity index (χ1v) is 3.19. The van der Waals surface area contributed by atoms with Crippen LogP contribution in [0.3, 0.4) is 0 Å². The molecule has 0 aliphatic carbocycles. The highest BCUT2D eigenvalue weighted by molar-refractivity contribution is 5.85. The van der Waals surface area contributed by atoms with Gasteiger partial charge in [0.25, 0.3) is 0 Å². The molecule has 0 atom stereocenters. The number of allylic oxidation sites excluding steroid dienone is 1. The van der Waals surface area contributed by atoms with E-state index >= 15 is 0 Å². The van der Waals surface area contributed by atoms with Gasteiger partial charge in [-0.25, -0.2) is 4.79 Å². The standard InChI is InChI=1S/C7H12O3/c1-6(7(9)10)4-2-3-5-8/h4,8H,2-3,5H2,1H3,(H,9,10). The van der Waals surface area contributed by atoms with E-state index in [4.69, 9.17) is 10.2 Å². The van der Waals surface area contributed by atoms with Crippen LogP contribution in [0.15, 0.2) is 11.6 Å². The summed E-state index contributed by atoms with van der Waals surface area (Å²) in [6.45, 7) is 1.66. The van der Waals surface area contributed by atoms with E-state index < -0.39 is 5.97 Å². The van der Waals surface area contributed by atoms with Gasteiger partial charge in [0, 0.05) is 12.2 Å². The van der Waals surface area contributed by atoms with Gasteiger partial charge in [-0.3, -0.25) is 0 Å². The summed E-state index contributed by atoms with van der Waals surface area (Å²) in [6.07, 6.45) is 2.87. The van der Waals surface area contributed by atoms with Gasteiger partial charge >= 0.3 is 5.97 Å². The fourth-order valence-electron chi connectivity index (χ4n) is 0.497. The van der Waals surface area contributed by atoms with Crippen LogP contribution in [0.5, 0.6) is 0 Å². The summed E-state index contributed by atoms with van der Waals surface area (Å²) in [6, 6.07) is 0. The first kappa shape index (κ1) is 9.17. The Kier molecular flexibility index (Phi) is 4.58. The monoisotopic (exact) mass is 144 g/mol. The second-order valence-electron chi connectivity index (χ2n) is 2.06. The van der Waals surface area contributed by atoms with E-state index in [0.717, 1.165) is 0 Å². The lowest BCUT2D eigenvalue weighted by Gasteiger charge is -1.91. The second-order valence-corrected chi connectivity index (χ2v) is 2.06. The van der Waals surface area contributed by atoms with Crippen molar-refractivity contribution < 1.29 is 15.0 Å². The summed E-state index contributed by atoms with van der Waals surface area (Å²) in [5.41, 5.74) is 0.341. The third-order valence-corrected chi connectivity index (χ3v) is 1.15. The van der Waals surface area contributed by atoms with Crippen molar-refractivity contribution >= 4 is 5.97 Å². The van der Waals surface area contributed by atoms with Crippen LogP contribution in [-0.2, 0) is 4.79 Å². The van der Waals surface area contributed by atoms with Crippen molar-refractivity contribution in [2.24, 2.45) is 0 Å². The largest absolute Gasteiger partial charge is 0.478 e. The molecule has 0 radical (unpaired) electrons. The van der Waals surface area contributed by atoms with E-state index in [0.29, 0.717) is 18.4 Å². The van der Waals surface area contributed by atoms with Gasteiger partial charge in [-0.1, -0.05) is 6.08 Å². The summed E-state index contributed by atoms with van der Waals surface area (Å²) < 4.78 is 0. The lowest BCUT2D eigenvalue weighted by Crippen LogP contribution is -1.95. The molecule has 0 fully saturated rings. The Morgan fingerprint density at radius 2 is 2.20 bits per heavy atom. The van der Waals surface area contributed by atoms with Gasteiger partial charge in [0.15, 0.2) is 0 Å². The Morgan fingerprint density at radius 3 is 2.60 bits per heavy atom. The molecule has 0 amide bonds. The lowest BCUT2D eigenvalue weighted by atomic mass is 10.2. The van der Waals surface area contributed by atoms with Gasteiger partial charge in [0.05, 0.1) is 0 Å². The molecular weight excluding hydrogens is 132 g/mol. The number of unbranched alkanes of at least 4 members (excludes halogenated alkanes) is 1. The third kappa shape index (κ3) is 4.09. The number of hydrogen-bond acceptors (Lipinski definition) is 2. The van der Waals surface area contributed by atoms with E-state index in [1.807, 2.05) is 0 Å². The van der Waals surface area contributed by atoms with Crippen molar-refractivity contribution in [3.63, 3.8) is 0 Å². The molecule has 0 spiro atoms. The van der Waals surface area contributed by atoms with E-state index in [9.17, 15) is 4.79 Å². The maximum atomic E-state index is 10.2. The maximum Gasteiger partial charge on any atom is 0.330 e. The molecule has 0 aliphatic heterocycles. The van der Waals surface area contributed by atoms with Gasteiger partial charge in [-0.15, -0.1) is 0 Å². The number of carboxylic acid groups (broad SMARTS) is 1. The van der Waals surface area contributed by atoms with E-state index in [2.05, 4.69) is 0 Å². The summed E-state index contributed by atoms with van der Waals surface area (Å²) >= 11 is 0. The van der Waals surface area contributed by atoms with Crippen molar-refractivity contribution in [3.8, 4) is 0 Å². The molecule has 0 heterocycles. The summed E-state index contributed by atoms with van der Waals surface area (Å²) in [7, 11) is 0. The van der Waals surface area contributed by atoms with Crippen molar-refractivity contribution in [1.29, 1.82) is 0 Å². The Hall–Kier alpha value is -0.830. The Labute approximate surface area is 60.0 Å². The van der Waals surface area contributed by atoms with Crippen LogP contribution in [0.2, 0.25) is 0 Å². The summed E-state index contributed by atoms with van der Waals surface area (Å²) in [5.74, 6) is -0.891. The molecule has 3 nitrogen and oxygen atoms in total. The average molecular weight is 144 g/mol. The van der Waals surface area contributed by atoms with Crippen LogP contribution in [0.25, 0.3) is 0 Å². The zero-order chi connectivity index (χ0) is 7.98. The molecule has 0 aromatic carbocycles. The van der Waals surface area contributed by atoms with E-state index in [1.165, 1.54) is 0 Å². The van der Waals surface area contributed by atoms with Gasteiger partial charge in [0.1, 0.15) is 0 Å². The highest BCUT2D eigenvalue weighted by atomic mass is 16.4. The zero-order valence-electron chi connectivity index (χ0n) is 6.00. The van der Waals surface area contributed by atoms with Crippen molar-refractivity contribution in [3.05, 3.63) is 11.6 Å². The predicted octanol–water partition coefficient (Wildman–Crippen LogP) is 0.790. The Bertz CT molecular complexity index is 138. The highest BCUT2D eigenvalue weighted by Crippen LogP contribution is 1.97. The predicted molar refractivity (Wildman–Crippen MR) is 37.7 cm³/mol. The first-order valence-electron chi connectivity index (χ1n) is 3.19. The van der Waals surface area contributed by atoms with Gasteiger partial charge in [0.2, 0.25) is 0 Å². The number of carbonyl (C=O) groups is 1. The van der Waals surface area contributed by atoms with E-state index in [-0.39, 0.29) is 6.61 Å². The van der Waals surface area contributed by atoms with Crippen LogP contribution in [-0.4, -0.2) is 22.8 Å². The van der Waals surface area contributed by atoms with Crippen LogP contribution in [0.4, 0.5) is 0 Å². The Balaban J connectivity index is 3.58. The van der Waals surface area contributed by atoms with Crippen molar-refractivity contribution in [2.45, 2.75) is 19.8 Å². The molecule has 0 unspecified atom stereocenters. The fourth-order valence-corrected chi connectivity index (χ4v) is 0.497. The minimum atomic E-state index is -0.891. The van der Waals surface area contributed by atoms with Crippen LogP contribution in [0.1, 0.15) is 19.8 Å². The lowest BCUT2D eigenvalue weighted by molar-refractivity contribution is -0.132. The van der Waals surface area contributed by atoms with Gasteiger partial charge in [-0.05, 0) is 19.8 Å². The normalized spacial score (nSPS) is 11.6. The number of aliphatic hydroxyl groups is 1. The quantitative estimate of drug-likeness (QED) is 0.453. The number of hydrogen-bond donors (Lipinski definition) is 2. The van der Waals surface area contributed by atoms with Gasteiger partial charge < -0.3 is 10.2 Å². The molecule has 58 valence electrons. The number of carboxylic acids is 1. The molecule has 0 saturated carbocycles. The maximum absolute atomic E-state index is 10.2.